The molecule has 3 N–H and O–H groups in total. The number of rotatable bonds is 7. The van der Waals surface area contributed by atoms with E-state index in [1.807, 2.05) is 24.3 Å². The van der Waals surface area contributed by atoms with Crippen LogP contribution in [0.25, 0.3) is 55.0 Å². The van der Waals surface area contributed by atoms with E-state index in [1.54, 1.807) is 30.9 Å². The van der Waals surface area contributed by atoms with E-state index in [1.165, 1.54) is 6.07 Å². The molecular formula is C27H22FN7OS. The van der Waals surface area contributed by atoms with Gasteiger partial charge < -0.3 is 10.3 Å². The van der Waals surface area contributed by atoms with Gasteiger partial charge in [0.15, 0.2) is 5.13 Å². The smallest absolute Gasteiger partial charge is 0.224 e. The molecule has 184 valence electrons. The summed E-state index contributed by atoms with van der Waals surface area (Å²) in [5.41, 5.74) is 6.71. The van der Waals surface area contributed by atoms with Crippen molar-refractivity contribution in [3.8, 4) is 33.1 Å². The van der Waals surface area contributed by atoms with Crippen LogP contribution in [0.15, 0.2) is 61.2 Å². The molecule has 8 nitrogen and oxygen atoms in total. The molecule has 0 atom stereocenters. The number of nitrogens with zero attached hydrogens (tertiary/aromatic N) is 4. The quantitative estimate of drug-likeness (QED) is 0.225. The van der Waals surface area contributed by atoms with Gasteiger partial charge in [0.25, 0.3) is 0 Å². The fourth-order valence-electron chi connectivity index (χ4n) is 4.29. The molecule has 10 heteroatoms. The van der Waals surface area contributed by atoms with Crippen LogP contribution in [0.5, 0.6) is 0 Å². The summed E-state index contributed by atoms with van der Waals surface area (Å²) in [6, 6.07) is 10.9. The number of anilines is 1. The van der Waals surface area contributed by atoms with Crippen molar-refractivity contribution in [2.45, 2.75) is 26.2 Å². The zero-order chi connectivity index (χ0) is 25.4. The largest absolute Gasteiger partial charge is 0.352 e. The second kappa shape index (κ2) is 9.55. The third-order valence-electron chi connectivity index (χ3n) is 6.12. The number of pyridine rings is 3. The Hall–Kier alpha value is -4.44. The van der Waals surface area contributed by atoms with Crippen LogP contribution >= 0.6 is 11.3 Å². The Morgan fingerprint density at radius 1 is 1.05 bits per heavy atom. The van der Waals surface area contributed by atoms with Crippen LogP contribution in [-0.4, -0.2) is 36.0 Å². The first kappa shape index (κ1) is 23.0. The normalized spacial score (nSPS) is 11.4. The number of unbranched alkanes of at least 4 members (excludes halogenated alkanes) is 1. The van der Waals surface area contributed by atoms with Gasteiger partial charge in [-0.2, -0.15) is 9.49 Å². The fraction of sp³-hybridized carbons (Fsp3) is 0.148. The van der Waals surface area contributed by atoms with Gasteiger partial charge in [0.05, 0.1) is 40.5 Å². The number of fused-ring (bicyclic) bond motifs is 2. The molecule has 0 bridgehead atoms. The molecule has 6 heterocycles. The van der Waals surface area contributed by atoms with E-state index in [0.717, 1.165) is 62.3 Å². The summed E-state index contributed by atoms with van der Waals surface area (Å²) in [5, 5.41) is 11.2. The third-order valence-corrected chi connectivity index (χ3v) is 7.03. The lowest BCUT2D eigenvalue weighted by molar-refractivity contribution is -0.116. The molecule has 0 radical (unpaired) electrons. The molecule has 0 aromatic carbocycles. The average Bonchev–Trinajstić information content (AvgIpc) is 3.64. The van der Waals surface area contributed by atoms with Crippen LogP contribution in [0.3, 0.4) is 0 Å². The lowest BCUT2D eigenvalue weighted by Crippen LogP contribution is -2.11. The van der Waals surface area contributed by atoms with Gasteiger partial charge in [0, 0.05) is 40.2 Å². The highest BCUT2D eigenvalue weighted by Gasteiger charge is 2.16. The number of H-pyrrole nitrogens is 2. The van der Waals surface area contributed by atoms with Crippen molar-refractivity contribution in [1.82, 2.24) is 30.1 Å². The lowest BCUT2D eigenvalue weighted by atomic mass is 10.1. The van der Waals surface area contributed by atoms with E-state index >= 15 is 0 Å². The first-order valence-corrected chi connectivity index (χ1v) is 12.7. The number of aromatic nitrogens is 6. The summed E-state index contributed by atoms with van der Waals surface area (Å²) < 4.78 is 13.7. The molecule has 0 aliphatic heterocycles. The summed E-state index contributed by atoms with van der Waals surface area (Å²) >= 11 is 1.09. The van der Waals surface area contributed by atoms with Gasteiger partial charge >= 0.3 is 0 Å². The average molecular weight is 512 g/mol. The molecule has 0 fully saturated rings. The van der Waals surface area contributed by atoms with Crippen molar-refractivity contribution in [1.29, 1.82) is 0 Å². The van der Waals surface area contributed by atoms with Crippen LogP contribution in [-0.2, 0) is 4.79 Å². The maximum Gasteiger partial charge on any atom is 0.224 e. The molecule has 0 aliphatic rings. The Labute approximate surface area is 215 Å². The molecule has 1 amide bonds. The Bertz CT molecular complexity index is 1750. The summed E-state index contributed by atoms with van der Waals surface area (Å²) in [5.74, 6) is -0.0284. The van der Waals surface area contributed by atoms with Gasteiger partial charge in [-0.3, -0.25) is 19.9 Å². The van der Waals surface area contributed by atoms with Gasteiger partial charge in [0.2, 0.25) is 5.91 Å². The SMILES string of the molecule is CCCCC(=O)Nc1cncc(-c2ccc3[nH]nc(-c4cc5c(-c6ccc(F)s6)cncc5[nH]4)c3n2)c1. The van der Waals surface area contributed by atoms with Gasteiger partial charge in [0.1, 0.15) is 11.2 Å². The monoisotopic (exact) mass is 511 g/mol. The molecule has 0 saturated heterocycles. The molecular weight excluding hydrogens is 489 g/mol. The van der Waals surface area contributed by atoms with Gasteiger partial charge in [-0.05, 0) is 42.8 Å². The molecule has 0 unspecified atom stereocenters. The van der Waals surface area contributed by atoms with E-state index < -0.39 is 0 Å². The van der Waals surface area contributed by atoms with Gasteiger partial charge in [-0.25, -0.2) is 4.98 Å². The first-order chi connectivity index (χ1) is 18.1. The molecule has 6 aromatic rings. The van der Waals surface area contributed by atoms with Crippen molar-refractivity contribution < 1.29 is 9.18 Å². The predicted molar refractivity (Wildman–Crippen MR) is 144 cm³/mol. The van der Waals surface area contributed by atoms with Crippen molar-refractivity contribution >= 4 is 44.9 Å². The van der Waals surface area contributed by atoms with Crippen LogP contribution in [0.2, 0.25) is 0 Å². The van der Waals surface area contributed by atoms with Crippen molar-refractivity contribution in [2.24, 2.45) is 0 Å². The van der Waals surface area contributed by atoms with E-state index in [-0.39, 0.29) is 11.0 Å². The molecule has 0 spiro atoms. The van der Waals surface area contributed by atoms with Crippen molar-refractivity contribution in [3.63, 3.8) is 0 Å². The Morgan fingerprint density at radius 2 is 1.95 bits per heavy atom. The second-order valence-corrected chi connectivity index (χ2v) is 9.75. The molecule has 37 heavy (non-hydrogen) atoms. The van der Waals surface area contributed by atoms with E-state index in [4.69, 9.17) is 4.98 Å². The number of aromatic amines is 2. The summed E-state index contributed by atoms with van der Waals surface area (Å²) in [6.45, 7) is 2.05. The van der Waals surface area contributed by atoms with Crippen LogP contribution < -0.4 is 5.32 Å². The highest BCUT2D eigenvalue weighted by molar-refractivity contribution is 7.14. The minimum absolute atomic E-state index is 0.0284. The van der Waals surface area contributed by atoms with Crippen LogP contribution in [0.4, 0.5) is 10.1 Å². The lowest BCUT2D eigenvalue weighted by Gasteiger charge is -2.07. The highest BCUT2D eigenvalue weighted by Crippen LogP contribution is 2.36. The number of amides is 1. The predicted octanol–water partition coefficient (Wildman–Crippen LogP) is 6.56. The Morgan fingerprint density at radius 3 is 2.78 bits per heavy atom. The summed E-state index contributed by atoms with van der Waals surface area (Å²) in [4.78, 5) is 29.8. The fourth-order valence-corrected chi connectivity index (χ4v) is 5.05. The number of nitrogens with one attached hydrogen (secondary N) is 3. The summed E-state index contributed by atoms with van der Waals surface area (Å²) in [7, 11) is 0. The zero-order valence-electron chi connectivity index (χ0n) is 19.9. The minimum atomic E-state index is -0.239. The zero-order valence-corrected chi connectivity index (χ0v) is 20.7. The van der Waals surface area contributed by atoms with E-state index in [9.17, 15) is 9.18 Å². The second-order valence-electron chi connectivity index (χ2n) is 8.71. The number of thiophene rings is 1. The number of carbonyl (C=O) groups excluding carboxylic acids is 1. The Balaban J connectivity index is 1.37. The molecule has 6 aromatic heterocycles. The van der Waals surface area contributed by atoms with Crippen LogP contribution in [0, 0.1) is 5.13 Å². The number of hydrogen-bond donors (Lipinski definition) is 3. The minimum Gasteiger partial charge on any atom is -0.352 e. The number of halogens is 1. The first-order valence-electron chi connectivity index (χ1n) is 11.9. The van der Waals surface area contributed by atoms with Gasteiger partial charge in [-0.1, -0.05) is 13.3 Å². The van der Waals surface area contributed by atoms with E-state index in [2.05, 4.69) is 37.4 Å². The molecule has 0 saturated carbocycles. The Kier molecular flexibility index (Phi) is 5.93. The highest BCUT2D eigenvalue weighted by atomic mass is 32.1. The molecule has 6 rings (SSSR count). The maximum atomic E-state index is 13.7. The van der Waals surface area contributed by atoms with Crippen molar-refractivity contribution in [3.05, 3.63) is 66.3 Å². The number of carbonyl (C=O) groups is 1. The standard InChI is InChI=1S/C27H22FN7OS/c1-2-3-4-25(36)31-16-9-15(11-29-12-16)19-5-6-20-26(33-19)27(35-34-20)21-10-17-18(13-30-14-22(17)32-21)23-7-8-24(28)37-23/h5-14,32H,2-4H2,1H3,(H,31,36)(H,34,35). The topological polar surface area (TPSA) is 112 Å². The van der Waals surface area contributed by atoms with Crippen LogP contribution in [0.1, 0.15) is 26.2 Å². The third kappa shape index (κ3) is 4.47. The summed E-state index contributed by atoms with van der Waals surface area (Å²) in [6.07, 6.45) is 9.12. The van der Waals surface area contributed by atoms with Crippen molar-refractivity contribution in [2.75, 3.05) is 5.32 Å². The number of hydrogen-bond acceptors (Lipinski definition) is 6. The van der Waals surface area contributed by atoms with Gasteiger partial charge in [-0.15, -0.1) is 11.3 Å². The maximum absolute atomic E-state index is 13.7. The van der Waals surface area contributed by atoms with E-state index in [0.29, 0.717) is 29.0 Å². The molecule has 0 aliphatic carbocycles.